The number of carbonyl (C=O) groups excluding carboxylic acids is 1. The summed E-state index contributed by atoms with van der Waals surface area (Å²) in [7, 11) is 1.84. The van der Waals surface area contributed by atoms with Gasteiger partial charge in [-0.15, -0.1) is 0 Å². The first-order chi connectivity index (χ1) is 11.9. The maximum absolute atomic E-state index is 11.0. The van der Waals surface area contributed by atoms with Crippen molar-refractivity contribution in [1.82, 2.24) is 14.9 Å². The summed E-state index contributed by atoms with van der Waals surface area (Å²) in [5.41, 5.74) is 0.842. The number of benzene rings is 1. The number of rotatable bonds is 7. The van der Waals surface area contributed by atoms with Crippen LogP contribution in [0.4, 0.5) is 0 Å². The summed E-state index contributed by atoms with van der Waals surface area (Å²) in [6.07, 6.45) is 5.45. The fraction of sp³-hybridized carbons (Fsp3) is 0.333. The van der Waals surface area contributed by atoms with E-state index in [4.69, 9.17) is 21.1 Å². The monoisotopic (exact) mass is 363 g/mol. The van der Waals surface area contributed by atoms with Crippen LogP contribution >= 0.6 is 11.6 Å². The second-order valence-corrected chi connectivity index (χ2v) is 5.91. The van der Waals surface area contributed by atoms with E-state index in [1.54, 1.807) is 29.0 Å². The molecule has 1 atom stereocenters. The summed E-state index contributed by atoms with van der Waals surface area (Å²) >= 11 is 6.23. The molecule has 25 heavy (non-hydrogen) atoms. The Bertz CT molecular complexity index is 771. The fourth-order valence-electron chi connectivity index (χ4n) is 2.19. The van der Waals surface area contributed by atoms with Gasteiger partial charge >= 0.3 is 6.01 Å². The van der Waals surface area contributed by atoms with Gasteiger partial charge in [-0.2, -0.15) is 0 Å². The van der Waals surface area contributed by atoms with Crippen molar-refractivity contribution >= 4 is 23.6 Å². The maximum atomic E-state index is 11.0. The largest absolute Gasteiger partial charge is 0.494 e. The topological polar surface area (TPSA) is 65.4 Å². The number of halogens is 1. The number of ether oxygens (including phenoxy) is 2. The van der Waals surface area contributed by atoms with Gasteiger partial charge in [0.25, 0.3) is 0 Å². The SMILES string of the molecule is CCOc1ccc(Oc2ncc(C=C[C@H](C)NC(C)=O)n2C)c(Cl)c1. The second-order valence-electron chi connectivity index (χ2n) is 5.50. The van der Waals surface area contributed by atoms with E-state index in [9.17, 15) is 4.79 Å². The zero-order chi connectivity index (χ0) is 18.4. The zero-order valence-corrected chi connectivity index (χ0v) is 15.5. The van der Waals surface area contributed by atoms with Gasteiger partial charge in [0.1, 0.15) is 11.5 Å². The molecule has 0 saturated heterocycles. The van der Waals surface area contributed by atoms with Crippen molar-refractivity contribution < 1.29 is 14.3 Å². The lowest BCUT2D eigenvalue weighted by Gasteiger charge is -2.10. The molecule has 0 unspecified atom stereocenters. The summed E-state index contributed by atoms with van der Waals surface area (Å²) in [4.78, 5) is 15.3. The van der Waals surface area contributed by atoms with Crippen LogP contribution < -0.4 is 14.8 Å². The van der Waals surface area contributed by atoms with Gasteiger partial charge in [0, 0.05) is 26.1 Å². The highest BCUT2D eigenvalue weighted by molar-refractivity contribution is 6.32. The van der Waals surface area contributed by atoms with Crippen LogP contribution in [0.15, 0.2) is 30.5 Å². The average molecular weight is 364 g/mol. The van der Waals surface area contributed by atoms with Crippen LogP contribution in [0.2, 0.25) is 5.02 Å². The highest BCUT2D eigenvalue weighted by atomic mass is 35.5. The quantitative estimate of drug-likeness (QED) is 0.812. The molecule has 0 bridgehead atoms. The molecule has 1 N–H and O–H groups in total. The zero-order valence-electron chi connectivity index (χ0n) is 14.7. The minimum absolute atomic E-state index is 0.0719. The first kappa shape index (κ1) is 18.9. The van der Waals surface area contributed by atoms with E-state index in [1.807, 2.05) is 33.0 Å². The summed E-state index contributed by atoms with van der Waals surface area (Å²) in [5.74, 6) is 1.12. The van der Waals surface area contributed by atoms with Crippen molar-refractivity contribution in [3.05, 3.63) is 41.2 Å². The third-order valence-corrected chi connectivity index (χ3v) is 3.68. The molecule has 0 aliphatic heterocycles. The number of carbonyl (C=O) groups is 1. The average Bonchev–Trinajstić information content (AvgIpc) is 2.88. The molecule has 0 saturated carbocycles. The Hall–Kier alpha value is -2.47. The third kappa shape index (κ3) is 5.26. The smallest absolute Gasteiger partial charge is 0.302 e. The lowest BCUT2D eigenvalue weighted by molar-refractivity contribution is -0.119. The Balaban J connectivity index is 2.11. The summed E-state index contributed by atoms with van der Waals surface area (Å²) in [5, 5.41) is 3.24. The van der Waals surface area contributed by atoms with Crippen molar-refractivity contribution in [2.24, 2.45) is 7.05 Å². The van der Waals surface area contributed by atoms with Gasteiger partial charge in [-0.3, -0.25) is 9.36 Å². The minimum Gasteiger partial charge on any atom is -0.494 e. The first-order valence-corrected chi connectivity index (χ1v) is 8.35. The van der Waals surface area contributed by atoms with Crippen LogP contribution in [0.5, 0.6) is 17.5 Å². The molecular formula is C18H22ClN3O3. The normalized spacial score (nSPS) is 12.2. The lowest BCUT2D eigenvalue weighted by atomic mass is 10.3. The molecule has 7 heteroatoms. The number of amides is 1. The van der Waals surface area contributed by atoms with Gasteiger partial charge < -0.3 is 14.8 Å². The first-order valence-electron chi connectivity index (χ1n) is 7.98. The molecule has 1 amide bonds. The molecule has 134 valence electrons. The predicted molar refractivity (Wildman–Crippen MR) is 98.2 cm³/mol. The number of imidazole rings is 1. The van der Waals surface area contributed by atoms with Gasteiger partial charge in [0.05, 0.1) is 23.5 Å². The molecule has 0 aliphatic rings. The summed E-state index contributed by atoms with van der Waals surface area (Å²) in [6.45, 7) is 5.86. The number of hydrogen-bond acceptors (Lipinski definition) is 4. The highest BCUT2D eigenvalue weighted by Gasteiger charge is 2.11. The van der Waals surface area contributed by atoms with Crippen molar-refractivity contribution in [1.29, 1.82) is 0 Å². The fourth-order valence-corrected chi connectivity index (χ4v) is 2.39. The number of nitrogens with zero attached hydrogens (tertiary/aromatic N) is 2. The van der Waals surface area contributed by atoms with E-state index in [0.29, 0.717) is 29.1 Å². The summed E-state index contributed by atoms with van der Waals surface area (Å²) in [6, 6.07) is 5.59. The van der Waals surface area contributed by atoms with E-state index in [-0.39, 0.29) is 11.9 Å². The number of aromatic nitrogens is 2. The van der Waals surface area contributed by atoms with E-state index < -0.39 is 0 Å². The second kappa shape index (κ2) is 8.58. The molecule has 2 rings (SSSR count). The molecular weight excluding hydrogens is 342 g/mol. The van der Waals surface area contributed by atoms with Crippen LogP contribution in [-0.2, 0) is 11.8 Å². The van der Waals surface area contributed by atoms with E-state index in [0.717, 1.165) is 5.69 Å². The van der Waals surface area contributed by atoms with Crippen molar-refractivity contribution in [3.8, 4) is 17.5 Å². The van der Waals surface area contributed by atoms with Crippen LogP contribution in [0.25, 0.3) is 6.08 Å². The van der Waals surface area contributed by atoms with Crippen molar-refractivity contribution in [3.63, 3.8) is 0 Å². The molecule has 2 aromatic rings. The molecule has 0 radical (unpaired) electrons. The molecule has 1 aromatic carbocycles. The Morgan fingerprint density at radius 1 is 1.48 bits per heavy atom. The van der Waals surface area contributed by atoms with Gasteiger partial charge in [-0.05, 0) is 32.1 Å². The minimum atomic E-state index is -0.0729. The van der Waals surface area contributed by atoms with Crippen molar-refractivity contribution in [2.75, 3.05) is 6.61 Å². The third-order valence-electron chi connectivity index (χ3n) is 3.38. The van der Waals surface area contributed by atoms with Gasteiger partial charge in [0.2, 0.25) is 5.91 Å². The van der Waals surface area contributed by atoms with Crippen LogP contribution in [-0.4, -0.2) is 28.1 Å². The van der Waals surface area contributed by atoms with Gasteiger partial charge in [-0.1, -0.05) is 17.7 Å². The maximum Gasteiger partial charge on any atom is 0.302 e. The van der Waals surface area contributed by atoms with E-state index in [2.05, 4.69) is 10.3 Å². The number of nitrogens with one attached hydrogen (secondary N) is 1. The van der Waals surface area contributed by atoms with Crippen LogP contribution in [0.1, 0.15) is 26.5 Å². The van der Waals surface area contributed by atoms with Gasteiger partial charge in [-0.25, -0.2) is 4.98 Å². The molecule has 1 heterocycles. The van der Waals surface area contributed by atoms with E-state index >= 15 is 0 Å². The van der Waals surface area contributed by atoms with Crippen LogP contribution in [0.3, 0.4) is 0 Å². The van der Waals surface area contributed by atoms with Gasteiger partial charge in [0.15, 0.2) is 0 Å². The number of hydrogen-bond donors (Lipinski definition) is 1. The molecule has 1 aromatic heterocycles. The molecule has 0 fully saturated rings. The Morgan fingerprint density at radius 2 is 2.24 bits per heavy atom. The molecule has 0 aliphatic carbocycles. The lowest BCUT2D eigenvalue weighted by Crippen LogP contribution is -2.28. The summed E-state index contributed by atoms with van der Waals surface area (Å²) < 4.78 is 13.0. The van der Waals surface area contributed by atoms with E-state index in [1.165, 1.54) is 6.92 Å². The standard InChI is InChI=1S/C18H22ClN3O3/c1-5-24-15-8-9-17(16(19)10-15)25-18-20-11-14(22(18)4)7-6-12(2)21-13(3)23/h6-12H,5H2,1-4H3,(H,21,23)/t12-/m0/s1. The van der Waals surface area contributed by atoms with Crippen molar-refractivity contribution in [2.45, 2.75) is 26.8 Å². The Morgan fingerprint density at radius 3 is 2.88 bits per heavy atom. The molecule has 6 nitrogen and oxygen atoms in total. The highest BCUT2D eigenvalue weighted by Crippen LogP contribution is 2.32. The Kier molecular flexibility index (Phi) is 6.47. The predicted octanol–water partition coefficient (Wildman–Crippen LogP) is 3.80. The Labute approximate surface area is 152 Å². The van der Waals surface area contributed by atoms with Crippen LogP contribution in [0, 0.1) is 0 Å². The molecule has 0 spiro atoms.